The predicted octanol–water partition coefficient (Wildman–Crippen LogP) is 9.26. The van der Waals surface area contributed by atoms with Gasteiger partial charge in [0.2, 0.25) is 0 Å². The Hall–Kier alpha value is -1.00. The lowest BCUT2D eigenvalue weighted by Gasteiger charge is -2.30. The van der Waals surface area contributed by atoms with Crippen molar-refractivity contribution >= 4 is 29.6 Å². The lowest BCUT2D eigenvalue weighted by Crippen LogP contribution is -2.64. The molecule has 0 saturated heterocycles. The van der Waals surface area contributed by atoms with Gasteiger partial charge in [0.25, 0.3) is 0 Å². The van der Waals surface area contributed by atoms with Crippen molar-refractivity contribution < 1.29 is 33.9 Å². The molecule has 0 aromatic heterocycles. The van der Waals surface area contributed by atoms with E-state index in [-0.39, 0.29) is 19.4 Å². The van der Waals surface area contributed by atoms with Crippen LogP contribution < -0.4 is 5.73 Å². The average molecular weight is 688 g/mol. The van der Waals surface area contributed by atoms with Gasteiger partial charge in [-0.15, -0.1) is 0 Å². The van der Waals surface area contributed by atoms with Crippen LogP contribution in [0.15, 0.2) is 0 Å². The summed E-state index contributed by atoms with van der Waals surface area (Å²) >= 11 is 0.537. The van der Waals surface area contributed by atoms with Crippen LogP contribution in [0.3, 0.4) is 0 Å². The normalized spacial score (nSPS) is 14.1. The SMILES string of the molecule is CCCCCCCCCCCCCCCC(=O)C(SOCC(O)CO)[C@](N)(C(=O)O)C(=O)CCCCCCCCCCCCCCC. The van der Waals surface area contributed by atoms with Crippen molar-refractivity contribution in [2.24, 2.45) is 5.73 Å². The molecule has 3 atom stereocenters. The van der Waals surface area contributed by atoms with E-state index in [0.717, 1.165) is 38.5 Å². The lowest BCUT2D eigenvalue weighted by molar-refractivity contribution is -0.150. The molecule has 9 heteroatoms. The minimum Gasteiger partial charge on any atom is -0.479 e. The van der Waals surface area contributed by atoms with E-state index in [1.54, 1.807) is 0 Å². The Kier molecular flexibility index (Phi) is 31.5. The highest BCUT2D eigenvalue weighted by Crippen LogP contribution is 2.29. The molecule has 8 nitrogen and oxygen atoms in total. The first kappa shape index (κ1) is 46.0. The van der Waals surface area contributed by atoms with Crippen LogP contribution in [0.4, 0.5) is 0 Å². The standard InChI is InChI=1S/C38H73NO7S/c1-3-5-7-9-11-13-15-17-19-21-23-25-27-29-34(42)36(47-46-32-33(41)31-40)38(39,37(44)45)35(43)30-28-26-24-22-20-18-16-14-12-10-8-6-4-2/h33,36,40-41H,3-32,39H2,1-2H3,(H,44,45)/t33?,36?,38-/m0/s1. The lowest BCUT2D eigenvalue weighted by atomic mass is 9.84. The van der Waals surface area contributed by atoms with E-state index in [4.69, 9.17) is 15.0 Å². The number of aliphatic hydroxyl groups excluding tert-OH is 2. The second-order valence-corrected chi connectivity index (χ2v) is 14.5. The number of ketones is 2. The molecule has 0 aromatic carbocycles. The van der Waals surface area contributed by atoms with Crippen molar-refractivity contribution in [2.45, 2.75) is 211 Å². The molecule has 0 aliphatic rings. The summed E-state index contributed by atoms with van der Waals surface area (Å²) in [5.41, 5.74) is 3.87. The van der Waals surface area contributed by atoms with Gasteiger partial charge in [-0.3, -0.25) is 9.59 Å². The zero-order valence-electron chi connectivity index (χ0n) is 30.3. The van der Waals surface area contributed by atoms with Crippen LogP contribution in [0.2, 0.25) is 0 Å². The summed E-state index contributed by atoms with van der Waals surface area (Å²) in [5, 5.41) is 27.4. The van der Waals surface area contributed by atoms with Gasteiger partial charge in [-0.1, -0.05) is 168 Å². The second-order valence-electron chi connectivity index (χ2n) is 13.6. The Morgan fingerprint density at radius 3 is 1.30 bits per heavy atom. The molecule has 0 aliphatic heterocycles. The zero-order valence-corrected chi connectivity index (χ0v) is 31.1. The number of aliphatic hydroxyl groups is 2. The van der Waals surface area contributed by atoms with Gasteiger partial charge in [-0.2, -0.15) is 0 Å². The van der Waals surface area contributed by atoms with Crippen LogP contribution in [-0.2, 0) is 18.6 Å². The summed E-state index contributed by atoms with van der Waals surface area (Å²) in [4.78, 5) is 39.0. The Balaban J connectivity index is 4.64. The van der Waals surface area contributed by atoms with E-state index in [0.29, 0.717) is 24.9 Å². The van der Waals surface area contributed by atoms with Gasteiger partial charge in [-0.05, 0) is 12.8 Å². The van der Waals surface area contributed by atoms with E-state index in [9.17, 15) is 24.6 Å². The molecule has 0 heterocycles. The molecular weight excluding hydrogens is 614 g/mol. The fourth-order valence-corrected chi connectivity index (χ4v) is 6.94. The summed E-state index contributed by atoms with van der Waals surface area (Å²) in [6.07, 6.45) is 29.0. The summed E-state index contributed by atoms with van der Waals surface area (Å²) in [6.45, 7) is 3.62. The van der Waals surface area contributed by atoms with Crippen LogP contribution in [0.5, 0.6) is 0 Å². The number of Topliss-reactive ketones (excluding diaryl/α,β-unsaturated/α-hetero) is 2. The molecule has 2 unspecified atom stereocenters. The minimum atomic E-state index is -2.42. The summed E-state index contributed by atoms with van der Waals surface area (Å²) in [6, 6.07) is 0. The van der Waals surface area contributed by atoms with Gasteiger partial charge in [0.15, 0.2) is 17.1 Å². The molecule has 0 fully saturated rings. The van der Waals surface area contributed by atoms with Crippen LogP contribution in [0.25, 0.3) is 0 Å². The molecule has 0 radical (unpaired) electrons. The average Bonchev–Trinajstić information content (AvgIpc) is 3.06. The molecule has 0 amide bonds. The third-order valence-electron chi connectivity index (χ3n) is 9.19. The molecule has 278 valence electrons. The molecule has 0 saturated carbocycles. The number of carbonyl (C=O) groups is 3. The van der Waals surface area contributed by atoms with Crippen molar-refractivity contribution in [3.05, 3.63) is 0 Å². The first-order chi connectivity index (χ1) is 22.7. The number of rotatable bonds is 37. The van der Waals surface area contributed by atoms with E-state index in [1.807, 2.05) is 0 Å². The number of carboxylic acid groups (broad SMARTS) is 1. The Morgan fingerprint density at radius 1 is 0.617 bits per heavy atom. The fraction of sp³-hybridized carbons (Fsp3) is 0.921. The number of nitrogens with two attached hydrogens (primary N) is 1. The maximum atomic E-state index is 13.3. The monoisotopic (exact) mass is 688 g/mol. The van der Waals surface area contributed by atoms with Crippen LogP contribution in [-0.4, -0.2) is 63.0 Å². The van der Waals surface area contributed by atoms with Gasteiger partial charge >= 0.3 is 5.97 Å². The highest BCUT2D eigenvalue weighted by molar-refractivity contribution is 7.96. The number of hydrogen-bond acceptors (Lipinski definition) is 8. The van der Waals surface area contributed by atoms with Gasteiger partial charge in [0, 0.05) is 24.9 Å². The number of carboxylic acids is 1. The van der Waals surface area contributed by atoms with Crippen molar-refractivity contribution in [2.75, 3.05) is 13.2 Å². The zero-order chi connectivity index (χ0) is 35.0. The number of aliphatic carboxylic acids is 1. The minimum absolute atomic E-state index is 0.0110. The van der Waals surface area contributed by atoms with E-state index >= 15 is 0 Å². The van der Waals surface area contributed by atoms with Crippen molar-refractivity contribution in [1.82, 2.24) is 0 Å². The van der Waals surface area contributed by atoms with Gasteiger partial charge in [0.05, 0.1) is 13.2 Å². The van der Waals surface area contributed by atoms with E-state index in [1.165, 1.54) is 116 Å². The Bertz CT molecular complexity index is 768. The molecule has 0 rings (SSSR count). The second kappa shape index (κ2) is 32.2. The quantitative estimate of drug-likeness (QED) is 0.0285. The number of hydrogen-bond donors (Lipinski definition) is 4. The summed E-state index contributed by atoms with van der Waals surface area (Å²) in [7, 11) is 0. The van der Waals surface area contributed by atoms with Crippen molar-refractivity contribution in [3.8, 4) is 0 Å². The predicted molar refractivity (Wildman–Crippen MR) is 196 cm³/mol. The van der Waals surface area contributed by atoms with E-state index < -0.39 is 41.0 Å². The molecule has 0 aromatic rings. The van der Waals surface area contributed by atoms with Crippen LogP contribution in [0, 0.1) is 0 Å². The van der Waals surface area contributed by atoms with Crippen LogP contribution >= 0.6 is 12.0 Å². The third kappa shape index (κ3) is 23.9. The molecule has 0 bridgehead atoms. The summed E-state index contributed by atoms with van der Waals surface area (Å²) in [5.74, 6) is -2.64. The fourth-order valence-electron chi connectivity index (χ4n) is 5.96. The molecular formula is C38H73NO7S. The molecule has 0 spiro atoms. The number of unbranched alkanes of at least 4 members (excludes halogenated alkanes) is 24. The Morgan fingerprint density at radius 2 is 0.957 bits per heavy atom. The summed E-state index contributed by atoms with van der Waals surface area (Å²) < 4.78 is 5.35. The topological polar surface area (TPSA) is 147 Å². The molecule has 47 heavy (non-hydrogen) atoms. The van der Waals surface area contributed by atoms with Crippen molar-refractivity contribution in [1.29, 1.82) is 0 Å². The van der Waals surface area contributed by atoms with Crippen LogP contribution in [0.1, 0.15) is 194 Å². The third-order valence-corrected chi connectivity index (χ3v) is 10.3. The number of carbonyl (C=O) groups excluding carboxylic acids is 2. The Labute approximate surface area is 292 Å². The largest absolute Gasteiger partial charge is 0.479 e. The highest BCUT2D eigenvalue weighted by Gasteiger charge is 2.52. The smallest absolute Gasteiger partial charge is 0.333 e. The van der Waals surface area contributed by atoms with Gasteiger partial charge in [0.1, 0.15) is 11.4 Å². The molecule has 5 N–H and O–H groups in total. The van der Waals surface area contributed by atoms with Gasteiger partial charge < -0.3 is 25.2 Å². The van der Waals surface area contributed by atoms with Gasteiger partial charge in [-0.25, -0.2) is 4.79 Å². The maximum Gasteiger partial charge on any atom is 0.333 e. The first-order valence-electron chi connectivity index (χ1n) is 19.4. The maximum absolute atomic E-state index is 13.3. The first-order valence-corrected chi connectivity index (χ1v) is 20.2. The molecule has 0 aliphatic carbocycles. The van der Waals surface area contributed by atoms with E-state index in [2.05, 4.69) is 13.8 Å². The highest BCUT2D eigenvalue weighted by atomic mass is 32.2. The van der Waals surface area contributed by atoms with Crippen molar-refractivity contribution in [3.63, 3.8) is 0 Å².